The van der Waals surface area contributed by atoms with Gasteiger partial charge in [-0.25, -0.2) is 9.97 Å². The van der Waals surface area contributed by atoms with Crippen molar-refractivity contribution in [3.8, 4) is 0 Å². The number of aliphatic imine (C=N–C) groups is 1. The highest BCUT2D eigenvalue weighted by atomic mass is 127. The molecule has 0 aromatic carbocycles. The lowest BCUT2D eigenvalue weighted by molar-refractivity contribution is 0.195. The molecule has 0 saturated carbocycles. The van der Waals surface area contributed by atoms with Crippen molar-refractivity contribution in [2.45, 2.75) is 6.42 Å². The SMILES string of the molecule is CN=C(NCCCOC)NCCN1CCN(c2ncccn2)CC1.I. The Balaban J connectivity index is 0.00000312. The Hall–Kier alpha value is -1.20. The number of aromatic nitrogens is 2. The Morgan fingerprint density at radius 2 is 1.84 bits per heavy atom. The molecule has 9 heteroatoms. The van der Waals surface area contributed by atoms with E-state index in [4.69, 9.17) is 4.74 Å². The van der Waals surface area contributed by atoms with E-state index in [1.165, 1.54) is 0 Å². The zero-order valence-corrected chi connectivity index (χ0v) is 17.5. The van der Waals surface area contributed by atoms with Crippen molar-refractivity contribution in [1.82, 2.24) is 25.5 Å². The molecule has 2 rings (SSSR count). The number of nitrogens with one attached hydrogen (secondary N) is 2. The lowest BCUT2D eigenvalue weighted by Gasteiger charge is -2.34. The van der Waals surface area contributed by atoms with E-state index in [-0.39, 0.29) is 24.0 Å². The van der Waals surface area contributed by atoms with E-state index in [0.717, 1.165) is 70.7 Å². The van der Waals surface area contributed by atoms with E-state index in [1.54, 1.807) is 26.6 Å². The molecule has 2 heterocycles. The van der Waals surface area contributed by atoms with Crippen LogP contribution in [0.2, 0.25) is 0 Å². The van der Waals surface area contributed by atoms with Gasteiger partial charge in [-0.3, -0.25) is 9.89 Å². The summed E-state index contributed by atoms with van der Waals surface area (Å²) in [6.07, 6.45) is 4.56. The first kappa shape index (κ1) is 21.8. The molecule has 0 bridgehead atoms. The molecule has 0 aliphatic carbocycles. The third kappa shape index (κ3) is 8.15. The molecule has 0 spiro atoms. The predicted octanol–water partition coefficient (Wildman–Crippen LogP) is 0.418. The number of guanidine groups is 1. The summed E-state index contributed by atoms with van der Waals surface area (Å²) in [5.41, 5.74) is 0. The molecule has 1 fully saturated rings. The minimum absolute atomic E-state index is 0. The molecule has 25 heavy (non-hydrogen) atoms. The molecule has 0 unspecified atom stereocenters. The summed E-state index contributed by atoms with van der Waals surface area (Å²) in [6.45, 7) is 7.50. The number of hydrogen-bond donors (Lipinski definition) is 2. The first-order chi connectivity index (χ1) is 11.8. The normalized spacial score (nSPS) is 15.6. The minimum Gasteiger partial charge on any atom is -0.385 e. The zero-order chi connectivity index (χ0) is 17.0. The van der Waals surface area contributed by atoms with E-state index in [0.29, 0.717) is 0 Å². The molecule has 2 N–H and O–H groups in total. The molecule has 1 aliphatic rings. The Bertz CT molecular complexity index is 481. The molecule has 142 valence electrons. The summed E-state index contributed by atoms with van der Waals surface area (Å²) in [6, 6.07) is 1.85. The Morgan fingerprint density at radius 1 is 1.16 bits per heavy atom. The van der Waals surface area contributed by atoms with Crippen molar-refractivity contribution in [2.75, 3.05) is 71.5 Å². The van der Waals surface area contributed by atoms with Crippen molar-refractivity contribution in [3.05, 3.63) is 18.5 Å². The second-order valence-electron chi connectivity index (χ2n) is 5.65. The highest BCUT2D eigenvalue weighted by Gasteiger charge is 2.18. The van der Waals surface area contributed by atoms with Gasteiger partial charge in [-0.15, -0.1) is 24.0 Å². The molecule has 8 nitrogen and oxygen atoms in total. The Morgan fingerprint density at radius 3 is 2.48 bits per heavy atom. The molecule has 1 aliphatic heterocycles. The van der Waals surface area contributed by atoms with Gasteiger partial charge in [0.1, 0.15) is 0 Å². The van der Waals surface area contributed by atoms with Crippen LogP contribution in [0.4, 0.5) is 5.95 Å². The van der Waals surface area contributed by atoms with Crippen LogP contribution in [0.25, 0.3) is 0 Å². The molecule has 1 saturated heterocycles. The van der Waals surface area contributed by atoms with Crippen LogP contribution >= 0.6 is 24.0 Å². The monoisotopic (exact) mass is 463 g/mol. The molecule has 0 amide bonds. The van der Waals surface area contributed by atoms with Crippen LogP contribution in [-0.4, -0.2) is 87.4 Å². The van der Waals surface area contributed by atoms with Gasteiger partial charge in [0.25, 0.3) is 0 Å². The van der Waals surface area contributed by atoms with Gasteiger partial charge in [0.15, 0.2) is 5.96 Å². The van der Waals surface area contributed by atoms with Crippen molar-refractivity contribution in [1.29, 1.82) is 0 Å². The Labute approximate surface area is 167 Å². The topological polar surface area (TPSA) is 77.9 Å². The fourth-order valence-electron chi connectivity index (χ4n) is 2.60. The highest BCUT2D eigenvalue weighted by Crippen LogP contribution is 2.08. The highest BCUT2D eigenvalue weighted by molar-refractivity contribution is 14.0. The summed E-state index contributed by atoms with van der Waals surface area (Å²) < 4.78 is 5.04. The number of piperazine rings is 1. The van der Waals surface area contributed by atoms with Crippen LogP contribution in [0.3, 0.4) is 0 Å². The Kier molecular flexibility index (Phi) is 11.4. The summed E-state index contributed by atoms with van der Waals surface area (Å²) in [5.74, 6) is 1.68. The fraction of sp³-hybridized carbons (Fsp3) is 0.688. The number of hydrogen-bond acceptors (Lipinski definition) is 6. The number of nitrogens with zero attached hydrogens (tertiary/aromatic N) is 5. The van der Waals surface area contributed by atoms with E-state index in [2.05, 4.69) is 35.4 Å². The lowest BCUT2D eigenvalue weighted by Crippen LogP contribution is -2.49. The predicted molar refractivity (Wildman–Crippen MR) is 112 cm³/mol. The third-order valence-electron chi connectivity index (χ3n) is 3.97. The van der Waals surface area contributed by atoms with Crippen LogP contribution in [-0.2, 0) is 4.74 Å². The van der Waals surface area contributed by atoms with Crippen molar-refractivity contribution < 1.29 is 4.74 Å². The second kappa shape index (κ2) is 13.1. The molecular weight excluding hydrogens is 433 g/mol. The number of halogens is 1. The van der Waals surface area contributed by atoms with Gasteiger partial charge in [-0.05, 0) is 12.5 Å². The smallest absolute Gasteiger partial charge is 0.225 e. The molecule has 0 radical (unpaired) electrons. The average Bonchev–Trinajstić information content (AvgIpc) is 2.65. The van der Waals surface area contributed by atoms with Crippen molar-refractivity contribution in [3.63, 3.8) is 0 Å². The standard InChI is InChI=1S/C16H29N7O.HI/c1-17-15(18-7-4-14-24-2)19-8-9-22-10-12-23(13-11-22)16-20-5-3-6-21-16;/h3,5-6H,4,7-14H2,1-2H3,(H2,17,18,19);1H. The van der Waals surface area contributed by atoms with Gasteiger partial charge >= 0.3 is 0 Å². The second-order valence-corrected chi connectivity index (χ2v) is 5.65. The fourth-order valence-corrected chi connectivity index (χ4v) is 2.60. The van der Waals surface area contributed by atoms with Gasteiger partial charge in [-0.2, -0.15) is 0 Å². The summed E-state index contributed by atoms with van der Waals surface area (Å²) >= 11 is 0. The van der Waals surface area contributed by atoms with Gasteiger partial charge in [0.2, 0.25) is 5.95 Å². The number of anilines is 1. The largest absolute Gasteiger partial charge is 0.385 e. The number of ether oxygens (including phenoxy) is 1. The van der Waals surface area contributed by atoms with Crippen LogP contribution in [0.15, 0.2) is 23.5 Å². The summed E-state index contributed by atoms with van der Waals surface area (Å²) in [7, 11) is 3.51. The first-order valence-electron chi connectivity index (χ1n) is 8.51. The quantitative estimate of drug-likeness (QED) is 0.251. The van der Waals surface area contributed by atoms with Crippen LogP contribution in [0.1, 0.15) is 6.42 Å². The first-order valence-corrected chi connectivity index (χ1v) is 8.51. The number of rotatable bonds is 8. The van der Waals surface area contributed by atoms with Crippen LogP contribution in [0.5, 0.6) is 0 Å². The molecule has 1 aromatic rings. The molecule has 1 aromatic heterocycles. The van der Waals surface area contributed by atoms with Crippen molar-refractivity contribution >= 4 is 35.9 Å². The maximum atomic E-state index is 5.04. The van der Waals surface area contributed by atoms with Gasteiger partial charge in [0, 0.05) is 79.0 Å². The van der Waals surface area contributed by atoms with E-state index in [1.807, 2.05) is 6.07 Å². The summed E-state index contributed by atoms with van der Waals surface area (Å²) in [5, 5.41) is 6.64. The van der Waals surface area contributed by atoms with Crippen LogP contribution < -0.4 is 15.5 Å². The summed E-state index contributed by atoms with van der Waals surface area (Å²) in [4.78, 5) is 17.5. The average molecular weight is 463 g/mol. The van der Waals surface area contributed by atoms with E-state index >= 15 is 0 Å². The van der Waals surface area contributed by atoms with Gasteiger partial charge < -0.3 is 20.3 Å². The minimum atomic E-state index is 0. The third-order valence-corrected chi connectivity index (χ3v) is 3.97. The van der Waals surface area contributed by atoms with E-state index in [9.17, 15) is 0 Å². The lowest BCUT2D eigenvalue weighted by atomic mass is 10.3. The number of methoxy groups -OCH3 is 1. The van der Waals surface area contributed by atoms with E-state index < -0.39 is 0 Å². The maximum Gasteiger partial charge on any atom is 0.225 e. The van der Waals surface area contributed by atoms with Gasteiger partial charge in [-0.1, -0.05) is 0 Å². The maximum absolute atomic E-state index is 5.04. The zero-order valence-electron chi connectivity index (χ0n) is 15.1. The van der Waals surface area contributed by atoms with Crippen LogP contribution in [0, 0.1) is 0 Å². The molecular formula is C16H30IN7O. The van der Waals surface area contributed by atoms with Gasteiger partial charge in [0.05, 0.1) is 0 Å². The van der Waals surface area contributed by atoms with Crippen molar-refractivity contribution in [2.24, 2.45) is 4.99 Å². The molecule has 0 atom stereocenters.